The van der Waals surface area contributed by atoms with Crippen LogP contribution < -0.4 is 0 Å². The van der Waals surface area contributed by atoms with E-state index in [0.29, 0.717) is 23.8 Å². The van der Waals surface area contributed by atoms with Gasteiger partial charge in [-0.3, -0.25) is 9.59 Å². The topological polar surface area (TPSA) is 73.4 Å². The van der Waals surface area contributed by atoms with E-state index in [9.17, 15) is 9.59 Å². The van der Waals surface area contributed by atoms with Gasteiger partial charge in [-0.25, -0.2) is 0 Å². The highest BCUT2D eigenvalue weighted by Crippen LogP contribution is 2.29. The molecule has 1 amide bonds. The van der Waals surface area contributed by atoms with E-state index in [1.54, 1.807) is 4.90 Å². The fourth-order valence-electron chi connectivity index (χ4n) is 3.00. The van der Waals surface area contributed by atoms with Crippen molar-refractivity contribution in [1.82, 2.24) is 9.88 Å². The minimum absolute atomic E-state index is 0.116. The number of H-pyrrole nitrogens is 1. The Morgan fingerprint density at radius 2 is 1.95 bits per heavy atom. The number of amides is 1. The summed E-state index contributed by atoms with van der Waals surface area (Å²) in [5.74, 6) is -0.738. The van der Waals surface area contributed by atoms with Crippen LogP contribution in [0.25, 0.3) is 10.9 Å². The molecule has 0 unspecified atom stereocenters. The highest BCUT2D eigenvalue weighted by atomic mass is 35.5. The third-order valence-electron chi connectivity index (χ3n) is 4.22. The molecule has 1 aliphatic heterocycles. The van der Waals surface area contributed by atoms with Gasteiger partial charge in [0.15, 0.2) is 0 Å². The van der Waals surface area contributed by atoms with Crippen LogP contribution in [0.2, 0.25) is 5.02 Å². The molecule has 1 fully saturated rings. The highest BCUT2D eigenvalue weighted by molar-refractivity contribution is 6.38. The molecule has 22 heavy (non-hydrogen) atoms. The van der Waals surface area contributed by atoms with Crippen LogP contribution in [0.4, 0.5) is 0 Å². The molecule has 0 radical (unpaired) electrons. The van der Waals surface area contributed by atoms with Crippen molar-refractivity contribution >= 4 is 34.4 Å². The number of likely N-dealkylation sites (tertiary alicyclic amines) is 1. The van der Waals surface area contributed by atoms with Gasteiger partial charge in [0.25, 0.3) is 5.91 Å². The van der Waals surface area contributed by atoms with Crippen molar-refractivity contribution in [2.75, 3.05) is 13.1 Å². The summed E-state index contributed by atoms with van der Waals surface area (Å²) in [6, 6.07) is 7.54. The fourth-order valence-corrected chi connectivity index (χ4v) is 3.29. The first-order valence-electron chi connectivity index (χ1n) is 7.33. The van der Waals surface area contributed by atoms with Gasteiger partial charge in [-0.15, -0.1) is 0 Å². The van der Waals surface area contributed by atoms with E-state index in [1.807, 2.05) is 24.3 Å². The number of nitrogens with zero attached hydrogens (tertiary/aromatic N) is 1. The monoisotopic (exact) mass is 320 g/mol. The minimum Gasteiger partial charge on any atom is -0.481 e. The van der Waals surface area contributed by atoms with Crippen LogP contribution in [0.1, 0.15) is 29.8 Å². The predicted molar refractivity (Wildman–Crippen MR) is 84.2 cm³/mol. The molecular formula is C16H17ClN2O3. The Morgan fingerprint density at radius 3 is 2.59 bits per heavy atom. The lowest BCUT2D eigenvalue weighted by atomic mass is 9.93. The summed E-state index contributed by atoms with van der Waals surface area (Å²) in [7, 11) is 0. The van der Waals surface area contributed by atoms with Crippen LogP contribution in [0.15, 0.2) is 24.3 Å². The van der Waals surface area contributed by atoms with Gasteiger partial charge in [-0.05, 0) is 24.8 Å². The lowest BCUT2D eigenvalue weighted by Crippen LogP contribution is -2.39. The normalized spacial score (nSPS) is 16.1. The van der Waals surface area contributed by atoms with Crippen molar-refractivity contribution < 1.29 is 14.7 Å². The van der Waals surface area contributed by atoms with E-state index < -0.39 is 5.97 Å². The summed E-state index contributed by atoms with van der Waals surface area (Å²) >= 11 is 6.31. The Balaban J connectivity index is 1.74. The number of fused-ring (bicyclic) bond motifs is 1. The molecule has 0 aliphatic carbocycles. The van der Waals surface area contributed by atoms with E-state index in [4.69, 9.17) is 16.7 Å². The van der Waals surface area contributed by atoms with Gasteiger partial charge in [-0.1, -0.05) is 29.8 Å². The third-order valence-corrected chi connectivity index (χ3v) is 4.61. The van der Waals surface area contributed by atoms with Gasteiger partial charge in [0.05, 0.1) is 5.02 Å². The Bertz CT molecular complexity index is 717. The van der Waals surface area contributed by atoms with E-state index in [0.717, 1.165) is 23.7 Å². The average molecular weight is 321 g/mol. The molecule has 1 aromatic heterocycles. The molecule has 1 saturated heterocycles. The van der Waals surface area contributed by atoms with Gasteiger partial charge in [0.2, 0.25) is 0 Å². The molecule has 0 atom stereocenters. The van der Waals surface area contributed by atoms with Crippen LogP contribution in [-0.4, -0.2) is 40.0 Å². The summed E-state index contributed by atoms with van der Waals surface area (Å²) in [6.07, 6.45) is 1.61. The van der Waals surface area contributed by atoms with Crippen LogP contribution in [0, 0.1) is 5.92 Å². The summed E-state index contributed by atoms with van der Waals surface area (Å²) in [4.78, 5) is 28.2. The van der Waals surface area contributed by atoms with Gasteiger partial charge in [0.1, 0.15) is 5.69 Å². The number of carboxylic acids is 1. The minimum atomic E-state index is -0.775. The summed E-state index contributed by atoms with van der Waals surface area (Å²) < 4.78 is 0. The molecular weight excluding hydrogens is 304 g/mol. The number of carbonyl (C=O) groups is 2. The van der Waals surface area contributed by atoms with Crippen molar-refractivity contribution in [2.24, 2.45) is 5.92 Å². The van der Waals surface area contributed by atoms with Gasteiger partial charge >= 0.3 is 5.97 Å². The van der Waals surface area contributed by atoms with E-state index in [-0.39, 0.29) is 18.2 Å². The number of benzene rings is 1. The molecule has 0 saturated carbocycles. The second-order valence-electron chi connectivity index (χ2n) is 5.69. The zero-order valence-corrected chi connectivity index (χ0v) is 12.8. The third kappa shape index (κ3) is 2.81. The molecule has 2 N–H and O–H groups in total. The Hall–Kier alpha value is -2.01. The Labute approximate surface area is 132 Å². The number of hydrogen-bond acceptors (Lipinski definition) is 2. The predicted octanol–water partition coefficient (Wildman–Crippen LogP) is 3.15. The van der Waals surface area contributed by atoms with Gasteiger partial charge in [0, 0.05) is 30.4 Å². The number of carboxylic acid groups (broad SMARTS) is 1. The molecule has 5 nitrogen and oxygen atoms in total. The van der Waals surface area contributed by atoms with Crippen molar-refractivity contribution in [3.8, 4) is 0 Å². The number of piperidine rings is 1. The SMILES string of the molecule is O=C(O)CC1CCN(C(=O)c2[nH]c3ccccc3c2Cl)CC1. The van der Waals surface area contributed by atoms with Crippen molar-refractivity contribution in [3.05, 3.63) is 35.0 Å². The first-order valence-corrected chi connectivity index (χ1v) is 7.71. The highest BCUT2D eigenvalue weighted by Gasteiger charge is 2.27. The first-order chi connectivity index (χ1) is 10.6. The number of aromatic amines is 1. The zero-order chi connectivity index (χ0) is 15.7. The standard InChI is InChI=1S/C16H17ClN2O3/c17-14-11-3-1-2-4-12(11)18-15(14)16(22)19-7-5-10(6-8-19)9-13(20)21/h1-4,10,18H,5-9H2,(H,20,21). The number of para-hydroxylation sites is 1. The number of aromatic nitrogens is 1. The number of rotatable bonds is 3. The Kier molecular flexibility index (Phi) is 4.07. The maximum Gasteiger partial charge on any atom is 0.303 e. The van der Waals surface area contributed by atoms with Crippen LogP contribution >= 0.6 is 11.6 Å². The second kappa shape index (κ2) is 6.01. The number of nitrogens with one attached hydrogen (secondary N) is 1. The fraction of sp³-hybridized carbons (Fsp3) is 0.375. The molecule has 1 aliphatic rings. The van der Waals surface area contributed by atoms with E-state index in [1.165, 1.54) is 0 Å². The summed E-state index contributed by atoms with van der Waals surface area (Å²) in [5.41, 5.74) is 1.26. The molecule has 0 spiro atoms. The molecule has 2 aromatic rings. The Morgan fingerprint density at radius 1 is 1.27 bits per heavy atom. The second-order valence-corrected chi connectivity index (χ2v) is 6.07. The van der Waals surface area contributed by atoms with Crippen molar-refractivity contribution in [3.63, 3.8) is 0 Å². The van der Waals surface area contributed by atoms with Gasteiger partial charge < -0.3 is 15.0 Å². The van der Waals surface area contributed by atoms with Crippen molar-refractivity contribution in [2.45, 2.75) is 19.3 Å². The molecule has 116 valence electrons. The molecule has 2 heterocycles. The van der Waals surface area contributed by atoms with Gasteiger partial charge in [-0.2, -0.15) is 0 Å². The average Bonchev–Trinajstić information content (AvgIpc) is 2.84. The largest absolute Gasteiger partial charge is 0.481 e. The quantitative estimate of drug-likeness (QED) is 0.912. The summed E-state index contributed by atoms with van der Waals surface area (Å²) in [6.45, 7) is 1.14. The molecule has 3 rings (SSSR count). The van der Waals surface area contributed by atoms with Crippen LogP contribution in [-0.2, 0) is 4.79 Å². The lowest BCUT2D eigenvalue weighted by Gasteiger charge is -2.31. The van der Waals surface area contributed by atoms with E-state index in [2.05, 4.69) is 4.98 Å². The number of carbonyl (C=O) groups excluding carboxylic acids is 1. The summed E-state index contributed by atoms with van der Waals surface area (Å²) in [5, 5.41) is 10.1. The zero-order valence-electron chi connectivity index (χ0n) is 12.0. The smallest absolute Gasteiger partial charge is 0.303 e. The maximum absolute atomic E-state index is 12.6. The number of aliphatic carboxylic acids is 1. The molecule has 1 aromatic carbocycles. The maximum atomic E-state index is 12.6. The van der Waals surface area contributed by atoms with Crippen molar-refractivity contribution in [1.29, 1.82) is 0 Å². The molecule has 6 heteroatoms. The van der Waals surface area contributed by atoms with Crippen LogP contribution in [0.5, 0.6) is 0 Å². The number of halogens is 1. The number of hydrogen-bond donors (Lipinski definition) is 2. The first kappa shape index (κ1) is 14.9. The molecule has 0 bridgehead atoms. The van der Waals surface area contributed by atoms with Crippen LogP contribution in [0.3, 0.4) is 0 Å². The lowest BCUT2D eigenvalue weighted by molar-refractivity contribution is -0.138. The van der Waals surface area contributed by atoms with E-state index >= 15 is 0 Å².